The van der Waals surface area contributed by atoms with Crippen LogP contribution in [0.4, 0.5) is 0 Å². The van der Waals surface area contributed by atoms with Crippen LogP contribution in [0, 0.1) is 0 Å². The van der Waals surface area contributed by atoms with Crippen LogP contribution in [-0.2, 0) is 11.3 Å². The first-order valence-corrected chi connectivity index (χ1v) is 5.69. The van der Waals surface area contributed by atoms with E-state index in [1.165, 1.54) is 10.9 Å². The first-order valence-electron chi connectivity index (χ1n) is 5.32. The molecular formula is C12H11ClN2O3. The Hall–Kier alpha value is -2.01. The number of nitrogens with zero attached hydrogens (tertiary/aromatic N) is 2. The Bertz CT molecular complexity index is 554. The van der Waals surface area contributed by atoms with Gasteiger partial charge in [0, 0.05) is 0 Å². The molecule has 0 bridgehead atoms. The zero-order valence-electron chi connectivity index (χ0n) is 9.41. The summed E-state index contributed by atoms with van der Waals surface area (Å²) < 4.78 is 7.05. The maximum absolute atomic E-state index is 10.4. The Balaban J connectivity index is 2.02. The molecule has 0 radical (unpaired) electrons. The highest BCUT2D eigenvalue weighted by Crippen LogP contribution is 2.28. The molecule has 0 spiro atoms. The van der Waals surface area contributed by atoms with E-state index in [1.54, 1.807) is 18.3 Å². The van der Waals surface area contributed by atoms with Gasteiger partial charge in [-0.1, -0.05) is 23.7 Å². The first-order chi connectivity index (χ1) is 8.65. The highest BCUT2D eigenvalue weighted by Gasteiger charge is 2.05. The number of hydrogen-bond acceptors (Lipinski definition) is 3. The molecule has 94 valence electrons. The third-order valence-electron chi connectivity index (χ3n) is 2.23. The second kappa shape index (κ2) is 5.55. The number of ether oxygens (including phenoxy) is 1. The number of benzene rings is 1. The highest BCUT2D eigenvalue weighted by molar-refractivity contribution is 6.32. The molecule has 18 heavy (non-hydrogen) atoms. The minimum atomic E-state index is -0.862. The summed E-state index contributed by atoms with van der Waals surface area (Å²) in [7, 11) is 0. The van der Waals surface area contributed by atoms with Gasteiger partial charge in [0.15, 0.2) is 5.75 Å². The van der Waals surface area contributed by atoms with Gasteiger partial charge < -0.3 is 9.84 Å². The number of hydrogen-bond donors (Lipinski definition) is 1. The van der Waals surface area contributed by atoms with Crippen molar-refractivity contribution < 1.29 is 14.6 Å². The Morgan fingerprint density at radius 1 is 1.44 bits per heavy atom. The highest BCUT2D eigenvalue weighted by atomic mass is 35.5. The first kappa shape index (κ1) is 12.4. The predicted octanol–water partition coefficient (Wildman–Crippen LogP) is 2.80. The lowest BCUT2D eigenvalue weighted by Crippen LogP contribution is -2.04. The third kappa shape index (κ3) is 3.24. The molecule has 6 heteroatoms. The summed E-state index contributed by atoms with van der Waals surface area (Å²) in [6, 6.07) is 7.10. The summed E-state index contributed by atoms with van der Waals surface area (Å²) in [5, 5.41) is 13.1. The number of carboxylic acid groups (broad SMARTS) is 1. The van der Waals surface area contributed by atoms with E-state index in [-0.39, 0.29) is 6.42 Å². The van der Waals surface area contributed by atoms with Gasteiger partial charge in [0.1, 0.15) is 5.75 Å². The van der Waals surface area contributed by atoms with Crippen molar-refractivity contribution in [2.75, 3.05) is 0 Å². The number of carboxylic acids is 1. The average Bonchev–Trinajstić information content (AvgIpc) is 2.77. The summed E-state index contributed by atoms with van der Waals surface area (Å²) in [5.74, 6) is 0.199. The normalized spacial score (nSPS) is 10.3. The number of aliphatic carboxylic acids is 1. The number of para-hydroxylation sites is 1. The van der Waals surface area contributed by atoms with Crippen molar-refractivity contribution in [1.82, 2.24) is 9.78 Å². The van der Waals surface area contributed by atoms with Gasteiger partial charge >= 0.3 is 5.97 Å². The Morgan fingerprint density at radius 2 is 2.22 bits per heavy atom. The summed E-state index contributed by atoms with van der Waals surface area (Å²) >= 11 is 5.95. The standard InChI is InChI=1S/C12H11ClN2O3/c13-10-3-1-2-4-11(10)18-9-7-14-15(8-9)6-5-12(16)17/h1-4,7-8H,5-6H2,(H,16,17). The topological polar surface area (TPSA) is 64.3 Å². The Labute approximate surface area is 109 Å². The van der Waals surface area contributed by atoms with Crippen LogP contribution in [0.2, 0.25) is 5.02 Å². The molecule has 1 N–H and O–H groups in total. The van der Waals surface area contributed by atoms with E-state index in [9.17, 15) is 4.79 Å². The van der Waals surface area contributed by atoms with Crippen LogP contribution < -0.4 is 4.74 Å². The van der Waals surface area contributed by atoms with E-state index in [1.807, 2.05) is 12.1 Å². The molecule has 1 aromatic carbocycles. The fraction of sp³-hybridized carbons (Fsp3) is 0.167. The van der Waals surface area contributed by atoms with Gasteiger partial charge in [-0.25, -0.2) is 0 Å². The molecule has 0 unspecified atom stereocenters. The van der Waals surface area contributed by atoms with Crippen LogP contribution in [0.15, 0.2) is 36.7 Å². The monoisotopic (exact) mass is 266 g/mol. The summed E-state index contributed by atoms with van der Waals surface area (Å²) in [6.07, 6.45) is 3.17. The van der Waals surface area contributed by atoms with Crippen LogP contribution in [0.25, 0.3) is 0 Å². The van der Waals surface area contributed by atoms with Crippen LogP contribution in [-0.4, -0.2) is 20.9 Å². The third-order valence-corrected chi connectivity index (χ3v) is 2.54. The van der Waals surface area contributed by atoms with E-state index >= 15 is 0 Å². The zero-order valence-corrected chi connectivity index (χ0v) is 10.2. The molecule has 0 atom stereocenters. The van der Waals surface area contributed by atoms with Crippen molar-refractivity contribution >= 4 is 17.6 Å². The molecule has 0 saturated carbocycles. The van der Waals surface area contributed by atoms with Gasteiger partial charge in [0.2, 0.25) is 0 Å². The van der Waals surface area contributed by atoms with Crippen molar-refractivity contribution in [2.24, 2.45) is 0 Å². The van der Waals surface area contributed by atoms with E-state index in [0.29, 0.717) is 23.1 Å². The van der Waals surface area contributed by atoms with E-state index in [0.717, 1.165) is 0 Å². The fourth-order valence-corrected chi connectivity index (χ4v) is 1.56. The largest absolute Gasteiger partial charge is 0.481 e. The van der Waals surface area contributed by atoms with Gasteiger partial charge in [-0.05, 0) is 12.1 Å². The predicted molar refractivity (Wildman–Crippen MR) is 66.0 cm³/mol. The Kier molecular flexibility index (Phi) is 3.84. The van der Waals surface area contributed by atoms with E-state index < -0.39 is 5.97 Å². The van der Waals surface area contributed by atoms with Crippen LogP contribution >= 0.6 is 11.6 Å². The lowest BCUT2D eigenvalue weighted by Gasteiger charge is -2.03. The minimum absolute atomic E-state index is 0.0210. The minimum Gasteiger partial charge on any atom is -0.481 e. The average molecular weight is 267 g/mol. The molecule has 1 heterocycles. The van der Waals surface area contributed by atoms with E-state index in [2.05, 4.69) is 5.10 Å². The maximum atomic E-state index is 10.4. The second-order valence-electron chi connectivity index (χ2n) is 3.62. The molecule has 0 aliphatic heterocycles. The maximum Gasteiger partial charge on any atom is 0.305 e. The van der Waals surface area contributed by atoms with Crippen molar-refractivity contribution in [3.8, 4) is 11.5 Å². The smallest absolute Gasteiger partial charge is 0.305 e. The van der Waals surface area contributed by atoms with Gasteiger partial charge in [-0.15, -0.1) is 0 Å². The molecule has 0 fully saturated rings. The van der Waals surface area contributed by atoms with Crippen LogP contribution in [0.1, 0.15) is 6.42 Å². The number of aryl methyl sites for hydroxylation is 1. The quantitative estimate of drug-likeness (QED) is 0.904. The van der Waals surface area contributed by atoms with Crippen LogP contribution in [0.3, 0.4) is 0 Å². The zero-order chi connectivity index (χ0) is 13.0. The lowest BCUT2D eigenvalue weighted by atomic mass is 10.3. The second-order valence-corrected chi connectivity index (χ2v) is 4.02. The molecule has 2 aromatic rings. The molecule has 2 rings (SSSR count). The number of rotatable bonds is 5. The summed E-state index contributed by atoms with van der Waals surface area (Å²) in [5.41, 5.74) is 0. The number of carbonyl (C=O) groups is 1. The van der Waals surface area contributed by atoms with Crippen LogP contribution in [0.5, 0.6) is 11.5 Å². The van der Waals surface area contributed by atoms with Gasteiger partial charge in [-0.2, -0.15) is 5.10 Å². The summed E-state index contributed by atoms with van der Waals surface area (Å²) in [4.78, 5) is 10.4. The molecule has 0 aliphatic carbocycles. The molecular weight excluding hydrogens is 256 g/mol. The van der Waals surface area contributed by atoms with Gasteiger partial charge in [0.05, 0.1) is 30.4 Å². The molecule has 1 aromatic heterocycles. The van der Waals surface area contributed by atoms with E-state index in [4.69, 9.17) is 21.4 Å². The SMILES string of the molecule is O=C(O)CCn1cc(Oc2ccccc2Cl)cn1. The van der Waals surface area contributed by atoms with Crippen molar-refractivity contribution in [1.29, 1.82) is 0 Å². The van der Waals surface area contributed by atoms with Crippen molar-refractivity contribution in [2.45, 2.75) is 13.0 Å². The molecule has 0 aliphatic rings. The molecule has 0 amide bonds. The van der Waals surface area contributed by atoms with Crippen molar-refractivity contribution in [3.05, 3.63) is 41.7 Å². The van der Waals surface area contributed by atoms with Gasteiger partial charge in [-0.3, -0.25) is 9.48 Å². The van der Waals surface area contributed by atoms with Crippen molar-refractivity contribution in [3.63, 3.8) is 0 Å². The van der Waals surface area contributed by atoms with Gasteiger partial charge in [0.25, 0.3) is 0 Å². The number of halogens is 1. The number of aromatic nitrogens is 2. The lowest BCUT2D eigenvalue weighted by molar-refractivity contribution is -0.137. The Morgan fingerprint density at radius 3 is 2.94 bits per heavy atom. The summed E-state index contributed by atoms with van der Waals surface area (Å²) in [6.45, 7) is 0.307. The fourth-order valence-electron chi connectivity index (χ4n) is 1.38. The molecule has 0 saturated heterocycles. The molecule has 5 nitrogen and oxygen atoms in total.